The zero-order valence-corrected chi connectivity index (χ0v) is 20.3. The molecular formula is C28H23F2N3O4. The molecular weight excluding hydrogens is 480 g/mol. The maximum absolute atomic E-state index is 14.4. The summed E-state index contributed by atoms with van der Waals surface area (Å²) in [7, 11) is 4.32. The third-order valence-corrected chi connectivity index (χ3v) is 6.12. The molecule has 2 heterocycles. The maximum atomic E-state index is 14.4. The average Bonchev–Trinajstić information content (AvgIpc) is 3.51. The summed E-state index contributed by atoms with van der Waals surface area (Å²) in [5.74, 6) is 0.142. The number of carbonyl (C=O) groups excluding carboxylic acids is 1. The second-order valence-electron chi connectivity index (χ2n) is 8.16. The summed E-state index contributed by atoms with van der Waals surface area (Å²) in [4.78, 5) is 21.7. The number of ketones is 1. The number of halogens is 2. The monoisotopic (exact) mass is 503 g/mol. The van der Waals surface area contributed by atoms with Gasteiger partial charge in [0.2, 0.25) is 5.75 Å². The summed E-state index contributed by atoms with van der Waals surface area (Å²) >= 11 is 0. The van der Waals surface area contributed by atoms with Crippen molar-refractivity contribution in [1.29, 1.82) is 0 Å². The van der Waals surface area contributed by atoms with Gasteiger partial charge < -0.3 is 19.2 Å². The number of para-hydroxylation sites is 3. The highest BCUT2D eigenvalue weighted by molar-refractivity contribution is 6.32. The van der Waals surface area contributed by atoms with Crippen molar-refractivity contribution in [2.24, 2.45) is 0 Å². The molecule has 188 valence electrons. The molecule has 7 nitrogen and oxygen atoms in total. The van der Waals surface area contributed by atoms with Crippen LogP contribution < -0.4 is 14.2 Å². The van der Waals surface area contributed by atoms with Gasteiger partial charge in [0, 0.05) is 28.2 Å². The molecule has 0 atom stereocenters. The van der Waals surface area contributed by atoms with E-state index in [4.69, 9.17) is 14.2 Å². The van der Waals surface area contributed by atoms with Gasteiger partial charge in [-0.15, -0.1) is 0 Å². The van der Waals surface area contributed by atoms with Gasteiger partial charge in [0.1, 0.15) is 5.82 Å². The average molecular weight is 504 g/mol. The van der Waals surface area contributed by atoms with Crippen molar-refractivity contribution in [3.05, 3.63) is 83.8 Å². The quantitative estimate of drug-likeness (QED) is 0.197. The number of nitrogens with zero attached hydrogens (tertiary/aromatic N) is 2. The lowest BCUT2D eigenvalue weighted by Gasteiger charge is -2.15. The van der Waals surface area contributed by atoms with Crippen LogP contribution in [0.25, 0.3) is 33.6 Å². The summed E-state index contributed by atoms with van der Waals surface area (Å²) < 4.78 is 45.8. The highest BCUT2D eigenvalue weighted by Gasteiger charge is 2.27. The van der Waals surface area contributed by atoms with E-state index >= 15 is 0 Å². The zero-order valence-electron chi connectivity index (χ0n) is 20.3. The van der Waals surface area contributed by atoms with E-state index in [-0.39, 0.29) is 34.0 Å². The minimum Gasteiger partial charge on any atom is -0.493 e. The molecule has 0 aliphatic rings. The molecule has 0 saturated carbocycles. The number of methoxy groups -OCH3 is 3. The van der Waals surface area contributed by atoms with Crippen molar-refractivity contribution in [2.45, 2.75) is 6.55 Å². The molecule has 0 saturated heterocycles. The van der Waals surface area contributed by atoms with Gasteiger partial charge in [-0.25, -0.2) is 4.98 Å². The number of H-pyrrole nitrogens is 1. The summed E-state index contributed by atoms with van der Waals surface area (Å²) in [6.45, 7) is -2.93. The van der Waals surface area contributed by atoms with Crippen LogP contribution in [0.1, 0.15) is 28.3 Å². The first kappa shape index (κ1) is 24.1. The van der Waals surface area contributed by atoms with E-state index in [1.54, 1.807) is 36.5 Å². The van der Waals surface area contributed by atoms with Gasteiger partial charge in [-0.1, -0.05) is 30.3 Å². The van der Waals surface area contributed by atoms with Gasteiger partial charge in [-0.3, -0.25) is 9.36 Å². The number of hydrogen-bond acceptors (Lipinski definition) is 5. The molecule has 0 amide bonds. The summed E-state index contributed by atoms with van der Waals surface area (Å²) in [6, 6.07) is 17.0. The minimum absolute atomic E-state index is 0.0180. The summed E-state index contributed by atoms with van der Waals surface area (Å²) in [6.07, 6.45) is 3.30. The van der Waals surface area contributed by atoms with Crippen molar-refractivity contribution in [1.82, 2.24) is 14.5 Å². The second-order valence-corrected chi connectivity index (χ2v) is 8.16. The first-order chi connectivity index (χ1) is 18.0. The third kappa shape index (κ3) is 4.18. The Bertz CT molecular complexity index is 1630. The number of Topliss-reactive ketones (excluding diaryl/α,β-unsaturated/α-hetero) is 1. The van der Waals surface area contributed by atoms with Crippen LogP contribution in [-0.2, 0) is 0 Å². The maximum Gasteiger partial charge on any atom is 0.320 e. The minimum atomic E-state index is -2.93. The Morgan fingerprint density at radius 2 is 1.65 bits per heavy atom. The fraction of sp³-hybridized carbons (Fsp3) is 0.143. The van der Waals surface area contributed by atoms with Gasteiger partial charge in [0.15, 0.2) is 17.3 Å². The standard InChI is InChI=1S/C28H23F2N3O4/c1-35-23-13-16(14-24(36-2)26(23)37-3)25(34)19(12-17-15-31-20-9-5-4-8-18(17)20)27-32-21-10-6-7-11-22(21)33(27)28(29)30/h4-15,28,31H,1-3H3/b19-12+. The van der Waals surface area contributed by atoms with Crippen LogP contribution >= 0.6 is 0 Å². The number of rotatable bonds is 8. The highest BCUT2D eigenvalue weighted by Crippen LogP contribution is 2.40. The number of aromatic amines is 1. The van der Waals surface area contributed by atoms with Gasteiger partial charge >= 0.3 is 6.55 Å². The lowest BCUT2D eigenvalue weighted by Crippen LogP contribution is -2.11. The van der Waals surface area contributed by atoms with Gasteiger partial charge in [0.05, 0.1) is 37.9 Å². The van der Waals surface area contributed by atoms with Crippen molar-refractivity contribution < 1.29 is 27.8 Å². The van der Waals surface area contributed by atoms with E-state index in [9.17, 15) is 13.6 Å². The van der Waals surface area contributed by atoms with Crippen LogP contribution in [0.2, 0.25) is 0 Å². The second kappa shape index (κ2) is 9.77. The van der Waals surface area contributed by atoms with E-state index in [0.29, 0.717) is 16.8 Å². The fourth-order valence-electron chi connectivity index (χ4n) is 4.40. The number of nitrogens with one attached hydrogen (secondary N) is 1. The van der Waals surface area contributed by atoms with Crippen molar-refractivity contribution in [3.63, 3.8) is 0 Å². The van der Waals surface area contributed by atoms with Crippen LogP contribution in [0, 0.1) is 0 Å². The molecule has 9 heteroatoms. The first-order valence-corrected chi connectivity index (χ1v) is 11.3. The van der Waals surface area contributed by atoms with E-state index in [1.807, 2.05) is 24.3 Å². The number of alkyl halides is 2. The molecule has 0 bridgehead atoms. The van der Waals surface area contributed by atoms with Crippen molar-refractivity contribution in [3.8, 4) is 17.2 Å². The molecule has 0 aliphatic carbocycles. The number of allylic oxidation sites excluding steroid dienone is 1. The lowest BCUT2D eigenvalue weighted by atomic mass is 9.99. The molecule has 0 fully saturated rings. The largest absolute Gasteiger partial charge is 0.493 e. The Hall–Kier alpha value is -4.66. The van der Waals surface area contributed by atoms with E-state index in [1.165, 1.54) is 33.5 Å². The molecule has 3 aromatic carbocycles. The predicted molar refractivity (Wildman–Crippen MR) is 138 cm³/mol. The fourth-order valence-corrected chi connectivity index (χ4v) is 4.40. The summed E-state index contributed by atoms with van der Waals surface area (Å²) in [5, 5.41) is 0.831. The van der Waals surface area contributed by atoms with Crippen LogP contribution in [0.3, 0.4) is 0 Å². The Labute approximate surface area is 210 Å². The normalized spacial score (nSPS) is 11.9. The molecule has 5 aromatic rings. The Morgan fingerprint density at radius 3 is 2.32 bits per heavy atom. The molecule has 0 spiro atoms. The first-order valence-electron chi connectivity index (χ1n) is 11.3. The predicted octanol–water partition coefficient (Wildman–Crippen LogP) is 6.36. The van der Waals surface area contributed by atoms with E-state index in [2.05, 4.69) is 9.97 Å². The van der Waals surface area contributed by atoms with Gasteiger partial charge in [0.25, 0.3) is 0 Å². The van der Waals surface area contributed by atoms with Crippen LogP contribution in [0.4, 0.5) is 8.78 Å². The van der Waals surface area contributed by atoms with Crippen LogP contribution in [-0.4, -0.2) is 41.6 Å². The SMILES string of the molecule is COc1cc(C(=O)/C(=C\c2c[nH]c3ccccc23)c2nc3ccccc3n2C(F)F)cc(OC)c1OC. The molecule has 0 unspecified atom stereocenters. The highest BCUT2D eigenvalue weighted by atomic mass is 19.3. The van der Waals surface area contributed by atoms with E-state index < -0.39 is 12.3 Å². The number of aromatic nitrogens is 3. The van der Waals surface area contributed by atoms with Crippen LogP contribution in [0.15, 0.2) is 66.9 Å². The lowest BCUT2D eigenvalue weighted by molar-refractivity contribution is 0.0736. The molecule has 37 heavy (non-hydrogen) atoms. The smallest absolute Gasteiger partial charge is 0.320 e. The molecule has 5 rings (SSSR count). The van der Waals surface area contributed by atoms with Crippen LogP contribution in [0.5, 0.6) is 17.2 Å². The number of imidazole rings is 1. The number of benzene rings is 3. The third-order valence-electron chi connectivity index (χ3n) is 6.12. The Morgan fingerprint density at radius 1 is 0.973 bits per heavy atom. The van der Waals surface area contributed by atoms with Crippen molar-refractivity contribution >= 4 is 39.4 Å². The van der Waals surface area contributed by atoms with E-state index in [0.717, 1.165) is 15.5 Å². The topological polar surface area (TPSA) is 78.4 Å². The molecule has 0 aliphatic heterocycles. The molecule has 2 aromatic heterocycles. The van der Waals surface area contributed by atoms with Gasteiger partial charge in [-0.2, -0.15) is 8.78 Å². The van der Waals surface area contributed by atoms with Gasteiger partial charge in [-0.05, 0) is 36.4 Å². The number of hydrogen-bond donors (Lipinski definition) is 1. The van der Waals surface area contributed by atoms with Crippen molar-refractivity contribution in [2.75, 3.05) is 21.3 Å². The summed E-state index contributed by atoms with van der Waals surface area (Å²) in [5.41, 5.74) is 2.20. The molecule has 0 radical (unpaired) electrons. The zero-order chi connectivity index (χ0) is 26.1. The molecule has 1 N–H and O–H groups in total. The Balaban J connectivity index is 1.78. The number of carbonyl (C=O) groups is 1. The Kier molecular flexibility index (Phi) is 6.35. The number of fused-ring (bicyclic) bond motifs is 2. The number of ether oxygens (including phenoxy) is 3.